The van der Waals surface area contributed by atoms with Gasteiger partial charge < -0.3 is 14.1 Å². The summed E-state index contributed by atoms with van der Waals surface area (Å²) in [7, 11) is 0. The van der Waals surface area contributed by atoms with Crippen molar-refractivity contribution in [3.05, 3.63) is 75.2 Å². The zero-order valence-electron chi connectivity index (χ0n) is 18.0. The van der Waals surface area contributed by atoms with Crippen LogP contribution in [0.5, 0.6) is 0 Å². The molecule has 4 nitrogen and oxygen atoms in total. The van der Waals surface area contributed by atoms with Crippen LogP contribution in [0.4, 0.5) is 26.3 Å². The molecule has 0 radical (unpaired) electrons. The second kappa shape index (κ2) is 8.46. The van der Waals surface area contributed by atoms with E-state index in [4.69, 9.17) is 27.6 Å². The SMILES string of the molecule is Cc1oc(-c2cccc(Cl)c2)nc1Cn1c(C)c(Cl)c2cc(C(O)(C(F)(F)F)C(F)(F)F)ccc21. The molecule has 0 bridgehead atoms. The van der Waals surface area contributed by atoms with Gasteiger partial charge in [0, 0.05) is 27.2 Å². The Morgan fingerprint density at radius 1 is 0.971 bits per heavy atom. The standard InChI is InChI=1S/C23H16Cl2F6N2O2/c1-11-19(25)16-9-14(21(34,22(26,27)28)23(29,30)31)6-7-18(16)33(11)10-17-12(2)35-20(32-17)13-4-3-5-15(24)8-13/h3-9,34H,10H2,1-2H3. The van der Waals surface area contributed by atoms with Gasteiger partial charge >= 0.3 is 12.4 Å². The fraction of sp³-hybridized carbons (Fsp3) is 0.261. The Morgan fingerprint density at radius 3 is 2.23 bits per heavy atom. The number of nitrogens with zero attached hydrogens (tertiary/aromatic N) is 2. The molecule has 2 aromatic carbocycles. The summed E-state index contributed by atoms with van der Waals surface area (Å²) in [6, 6.07) is 9.07. The van der Waals surface area contributed by atoms with Crippen LogP contribution in [-0.2, 0) is 12.1 Å². The third kappa shape index (κ3) is 4.17. The summed E-state index contributed by atoms with van der Waals surface area (Å²) in [4.78, 5) is 4.47. The molecule has 0 saturated heterocycles. The molecule has 0 aliphatic heterocycles. The molecule has 0 amide bonds. The molecule has 0 aliphatic rings. The van der Waals surface area contributed by atoms with E-state index in [-0.39, 0.29) is 22.5 Å². The number of aromatic nitrogens is 2. The fourth-order valence-corrected chi connectivity index (χ4v) is 4.27. The zero-order valence-corrected chi connectivity index (χ0v) is 19.5. The van der Waals surface area contributed by atoms with Crippen molar-refractivity contribution in [1.82, 2.24) is 9.55 Å². The minimum atomic E-state index is -6.00. The molecule has 186 valence electrons. The molecule has 2 aromatic heterocycles. The van der Waals surface area contributed by atoms with Gasteiger partial charge in [-0.3, -0.25) is 0 Å². The number of rotatable bonds is 4. The average molecular weight is 537 g/mol. The van der Waals surface area contributed by atoms with Crippen LogP contribution in [0, 0.1) is 13.8 Å². The number of halogens is 8. The summed E-state index contributed by atoms with van der Waals surface area (Å²) < 4.78 is 87.3. The Bertz CT molecular complexity index is 1410. The van der Waals surface area contributed by atoms with E-state index < -0.39 is 23.5 Å². The molecule has 1 N–H and O–H groups in total. The van der Waals surface area contributed by atoms with Gasteiger partial charge in [0.05, 0.1) is 17.1 Å². The van der Waals surface area contributed by atoms with Crippen LogP contribution in [0.15, 0.2) is 46.9 Å². The number of hydrogen-bond acceptors (Lipinski definition) is 3. The summed E-state index contributed by atoms with van der Waals surface area (Å²) in [5.74, 6) is 0.750. The third-order valence-corrected chi connectivity index (χ3v) is 6.47. The highest BCUT2D eigenvalue weighted by atomic mass is 35.5. The maximum Gasteiger partial charge on any atom is 0.430 e. The minimum absolute atomic E-state index is 0.0511. The molecule has 4 aromatic rings. The van der Waals surface area contributed by atoms with Crippen molar-refractivity contribution in [3.8, 4) is 11.5 Å². The lowest BCUT2D eigenvalue weighted by molar-refractivity contribution is -0.376. The number of fused-ring (bicyclic) bond motifs is 1. The van der Waals surface area contributed by atoms with Gasteiger partial charge in [-0.15, -0.1) is 0 Å². The molecule has 0 unspecified atom stereocenters. The second-order valence-electron chi connectivity index (χ2n) is 7.96. The van der Waals surface area contributed by atoms with E-state index in [1.54, 1.807) is 42.7 Å². The summed E-state index contributed by atoms with van der Waals surface area (Å²) in [6.07, 6.45) is -12.0. The van der Waals surface area contributed by atoms with Gasteiger partial charge in [0.15, 0.2) is 0 Å². The molecule has 0 saturated carbocycles. The molecule has 12 heteroatoms. The van der Waals surface area contributed by atoms with Crippen LogP contribution < -0.4 is 0 Å². The van der Waals surface area contributed by atoms with Gasteiger partial charge in [-0.1, -0.05) is 35.3 Å². The number of hydrogen-bond donors (Lipinski definition) is 1. The Hall–Kier alpha value is -2.69. The van der Waals surface area contributed by atoms with E-state index in [0.717, 1.165) is 6.07 Å². The summed E-state index contributed by atoms with van der Waals surface area (Å²) in [5, 5.41) is 10.1. The first-order chi connectivity index (χ1) is 16.1. The van der Waals surface area contributed by atoms with Gasteiger partial charge in [-0.05, 0) is 44.2 Å². The summed E-state index contributed by atoms with van der Waals surface area (Å²) in [5.41, 5.74) is -4.69. The smallest absolute Gasteiger partial charge is 0.430 e. The molecule has 0 spiro atoms. The van der Waals surface area contributed by atoms with Crippen molar-refractivity contribution in [2.45, 2.75) is 38.3 Å². The normalized spacial score (nSPS) is 13.1. The van der Waals surface area contributed by atoms with Gasteiger partial charge in [0.2, 0.25) is 5.89 Å². The van der Waals surface area contributed by atoms with E-state index in [2.05, 4.69) is 4.98 Å². The molecule has 35 heavy (non-hydrogen) atoms. The van der Waals surface area contributed by atoms with Crippen LogP contribution in [0.1, 0.15) is 22.7 Å². The number of aliphatic hydroxyl groups is 1. The van der Waals surface area contributed by atoms with Crippen LogP contribution >= 0.6 is 23.2 Å². The van der Waals surface area contributed by atoms with Crippen molar-refractivity contribution >= 4 is 34.1 Å². The van der Waals surface area contributed by atoms with Gasteiger partial charge in [0.1, 0.15) is 11.5 Å². The van der Waals surface area contributed by atoms with E-state index in [1.165, 1.54) is 0 Å². The second-order valence-corrected chi connectivity index (χ2v) is 8.77. The fourth-order valence-electron chi connectivity index (χ4n) is 3.83. The van der Waals surface area contributed by atoms with Crippen LogP contribution in [0.25, 0.3) is 22.4 Å². The van der Waals surface area contributed by atoms with Gasteiger partial charge in [0.25, 0.3) is 5.60 Å². The van der Waals surface area contributed by atoms with E-state index in [1.807, 2.05) is 0 Å². The summed E-state index contributed by atoms with van der Waals surface area (Å²) >= 11 is 12.3. The average Bonchev–Trinajstić information content (AvgIpc) is 3.24. The molecule has 0 atom stereocenters. The number of alkyl halides is 6. The molecule has 2 heterocycles. The Balaban J connectivity index is 1.80. The Kier molecular flexibility index (Phi) is 6.14. The molecular formula is C23H16Cl2F6N2O2. The lowest BCUT2D eigenvalue weighted by atomic mass is 9.91. The van der Waals surface area contributed by atoms with E-state index in [0.29, 0.717) is 45.8 Å². The predicted octanol–water partition coefficient (Wildman–Crippen LogP) is 7.58. The molecule has 0 aliphatic carbocycles. The number of benzene rings is 2. The van der Waals surface area contributed by atoms with E-state index in [9.17, 15) is 31.4 Å². The Morgan fingerprint density at radius 2 is 1.63 bits per heavy atom. The Labute approximate surface area is 204 Å². The first-order valence-electron chi connectivity index (χ1n) is 10.0. The molecular weight excluding hydrogens is 521 g/mol. The number of oxazole rings is 1. The highest BCUT2D eigenvalue weighted by Crippen LogP contribution is 2.51. The van der Waals surface area contributed by atoms with Gasteiger partial charge in [-0.2, -0.15) is 26.3 Å². The van der Waals surface area contributed by atoms with Crippen LogP contribution in [-0.4, -0.2) is 27.0 Å². The summed E-state index contributed by atoms with van der Waals surface area (Å²) in [6.45, 7) is 3.31. The minimum Gasteiger partial charge on any atom is -0.441 e. The molecule has 4 rings (SSSR count). The van der Waals surface area contributed by atoms with Gasteiger partial charge in [-0.25, -0.2) is 4.98 Å². The lowest BCUT2D eigenvalue weighted by Crippen LogP contribution is -2.53. The van der Waals surface area contributed by atoms with Crippen LogP contribution in [0.3, 0.4) is 0 Å². The lowest BCUT2D eigenvalue weighted by Gasteiger charge is -2.32. The third-order valence-electron chi connectivity index (χ3n) is 5.76. The quantitative estimate of drug-likeness (QED) is 0.273. The maximum absolute atomic E-state index is 13.3. The van der Waals surface area contributed by atoms with Crippen molar-refractivity contribution in [1.29, 1.82) is 0 Å². The van der Waals surface area contributed by atoms with Crippen molar-refractivity contribution in [2.24, 2.45) is 0 Å². The monoisotopic (exact) mass is 536 g/mol. The first-order valence-corrected chi connectivity index (χ1v) is 10.8. The topological polar surface area (TPSA) is 51.2 Å². The largest absolute Gasteiger partial charge is 0.441 e. The highest BCUT2D eigenvalue weighted by Gasteiger charge is 2.71. The molecule has 0 fully saturated rings. The first kappa shape index (κ1) is 25.4. The maximum atomic E-state index is 13.3. The predicted molar refractivity (Wildman–Crippen MR) is 118 cm³/mol. The van der Waals surface area contributed by atoms with Crippen molar-refractivity contribution in [3.63, 3.8) is 0 Å². The van der Waals surface area contributed by atoms with E-state index >= 15 is 0 Å². The number of aryl methyl sites for hydroxylation is 1. The van der Waals surface area contributed by atoms with Crippen LogP contribution in [0.2, 0.25) is 10.0 Å². The zero-order chi connectivity index (χ0) is 25.9. The van der Waals surface area contributed by atoms with Crippen molar-refractivity contribution in [2.75, 3.05) is 0 Å². The van der Waals surface area contributed by atoms with Crippen molar-refractivity contribution < 1.29 is 35.9 Å². The highest BCUT2D eigenvalue weighted by molar-refractivity contribution is 6.36.